The van der Waals surface area contributed by atoms with Gasteiger partial charge >= 0.3 is 5.97 Å². The van der Waals surface area contributed by atoms with Crippen LogP contribution in [-0.2, 0) is 16.0 Å². The largest absolute Gasteiger partial charge is 0.497 e. The van der Waals surface area contributed by atoms with Crippen LogP contribution in [0.5, 0.6) is 11.5 Å². The third-order valence-electron chi connectivity index (χ3n) is 2.84. The molecule has 0 saturated heterocycles. The number of hydrogen-bond donors (Lipinski definition) is 0. The van der Waals surface area contributed by atoms with Gasteiger partial charge in [0, 0.05) is 12.5 Å². The van der Waals surface area contributed by atoms with Crippen LogP contribution < -0.4 is 9.47 Å². The van der Waals surface area contributed by atoms with Crippen LogP contribution in [0, 0.1) is 0 Å². The van der Waals surface area contributed by atoms with Crippen LogP contribution in [0.25, 0.3) is 0 Å². The van der Waals surface area contributed by atoms with Crippen molar-refractivity contribution >= 4 is 5.97 Å². The molecule has 92 valence electrons. The van der Waals surface area contributed by atoms with Gasteiger partial charge in [0.25, 0.3) is 0 Å². The molecule has 0 saturated carbocycles. The van der Waals surface area contributed by atoms with E-state index in [1.165, 1.54) is 0 Å². The van der Waals surface area contributed by atoms with Crippen molar-refractivity contribution in [1.82, 2.24) is 0 Å². The number of fused-ring (bicyclic) bond motifs is 1. The van der Waals surface area contributed by atoms with Crippen molar-refractivity contribution in [2.24, 2.45) is 0 Å². The van der Waals surface area contributed by atoms with Gasteiger partial charge in [-0.05, 0) is 25.5 Å². The molecule has 1 heterocycles. The summed E-state index contributed by atoms with van der Waals surface area (Å²) < 4.78 is 15.8. The summed E-state index contributed by atoms with van der Waals surface area (Å²) in [6.07, 6.45) is 0.533. The molecule has 0 amide bonds. The second-order valence-corrected chi connectivity index (χ2v) is 4.20. The zero-order chi connectivity index (χ0) is 12.5. The molecule has 0 aromatic heterocycles. The van der Waals surface area contributed by atoms with E-state index in [2.05, 4.69) is 0 Å². The Bertz CT molecular complexity index is 441. The standard InChI is InChI=1S/C13H16O4/c1-4-16-12(14)13(2)8-9-5-6-10(15-3)7-11(9)17-13/h5-7H,4,8H2,1-3H3. The van der Waals surface area contributed by atoms with Crippen molar-refractivity contribution < 1.29 is 19.0 Å². The number of methoxy groups -OCH3 is 1. The fraction of sp³-hybridized carbons (Fsp3) is 0.462. The van der Waals surface area contributed by atoms with Gasteiger partial charge in [0.1, 0.15) is 11.5 Å². The lowest BCUT2D eigenvalue weighted by atomic mass is 9.99. The van der Waals surface area contributed by atoms with Gasteiger partial charge in [-0.3, -0.25) is 0 Å². The van der Waals surface area contributed by atoms with Crippen LogP contribution in [0.1, 0.15) is 19.4 Å². The van der Waals surface area contributed by atoms with Gasteiger partial charge in [-0.1, -0.05) is 6.07 Å². The maximum atomic E-state index is 11.8. The molecule has 0 spiro atoms. The minimum Gasteiger partial charge on any atom is -0.497 e. The summed E-state index contributed by atoms with van der Waals surface area (Å²) in [4.78, 5) is 11.8. The Labute approximate surface area is 100 Å². The highest BCUT2D eigenvalue weighted by atomic mass is 16.6. The van der Waals surface area contributed by atoms with Crippen LogP contribution in [-0.4, -0.2) is 25.3 Å². The molecular weight excluding hydrogens is 220 g/mol. The van der Waals surface area contributed by atoms with Gasteiger partial charge in [0.05, 0.1) is 13.7 Å². The van der Waals surface area contributed by atoms with E-state index in [0.717, 1.165) is 11.3 Å². The lowest BCUT2D eigenvalue weighted by Gasteiger charge is -2.21. The summed E-state index contributed by atoms with van der Waals surface area (Å²) in [7, 11) is 1.60. The Hall–Kier alpha value is -1.71. The summed E-state index contributed by atoms with van der Waals surface area (Å²) >= 11 is 0. The third kappa shape index (κ3) is 2.07. The monoisotopic (exact) mass is 236 g/mol. The molecular formula is C13H16O4. The number of benzene rings is 1. The number of rotatable bonds is 3. The second-order valence-electron chi connectivity index (χ2n) is 4.20. The molecule has 4 nitrogen and oxygen atoms in total. The summed E-state index contributed by atoms with van der Waals surface area (Å²) in [5, 5.41) is 0. The first-order chi connectivity index (χ1) is 8.09. The van der Waals surface area contributed by atoms with E-state index >= 15 is 0 Å². The van der Waals surface area contributed by atoms with Gasteiger partial charge in [-0.15, -0.1) is 0 Å². The van der Waals surface area contributed by atoms with Crippen LogP contribution >= 0.6 is 0 Å². The predicted molar refractivity (Wildman–Crippen MR) is 62.4 cm³/mol. The third-order valence-corrected chi connectivity index (χ3v) is 2.84. The zero-order valence-electron chi connectivity index (χ0n) is 10.3. The summed E-state index contributed by atoms with van der Waals surface area (Å²) in [5.41, 5.74) is 0.0893. The van der Waals surface area contributed by atoms with Crippen molar-refractivity contribution in [3.63, 3.8) is 0 Å². The minimum atomic E-state index is -0.912. The first kappa shape index (κ1) is 11.8. The highest BCUT2D eigenvalue weighted by Crippen LogP contribution is 2.37. The number of ether oxygens (including phenoxy) is 3. The molecule has 0 N–H and O–H groups in total. The molecule has 0 aliphatic carbocycles. The highest BCUT2D eigenvalue weighted by molar-refractivity contribution is 5.81. The Balaban J connectivity index is 2.23. The van der Waals surface area contributed by atoms with Crippen molar-refractivity contribution in [3.05, 3.63) is 23.8 Å². The lowest BCUT2D eigenvalue weighted by molar-refractivity contribution is -0.158. The summed E-state index contributed by atoms with van der Waals surface area (Å²) in [5.74, 6) is 1.09. The smallest absolute Gasteiger partial charge is 0.350 e. The van der Waals surface area contributed by atoms with Crippen LogP contribution in [0.15, 0.2) is 18.2 Å². The second kappa shape index (κ2) is 4.28. The molecule has 17 heavy (non-hydrogen) atoms. The average Bonchev–Trinajstić information content (AvgIpc) is 2.65. The van der Waals surface area contributed by atoms with E-state index in [1.54, 1.807) is 27.0 Å². The van der Waals surface area contributed by atoms with E-state index in [4.69, 9.17) is 14.2 Å². The van der Waals surface area contributed by atoms with Gasteiger partial charge in [0.2, 0.25) is 5.60 Å². The Morgan fingerprint density at radius 3 is 2.94 bits per heavy atom. The van der Waals surface area contributed by atoms with E-state index in [1.807, 2.05) is 12.1 Å². The van der Waals surface area contributed by atoms with E-state index in [0.29, 0.717) is 18.8 Å². The van der Waals surface area contributed by atoms with Crippen molar-refractivity contribution in [1.29, 1.82) is 0 Å². The maximum absolute atomic E-state index is 11.8. The molecule has 1 aromatic carbocycles. The van der Waals surface area contributed by atoms with Crippen LogP contribution in [0.3, 0.4) is 0 Å². The average molecular weight is 236 g/mol. The summed E-state index contributed by atoms with van der Waals surface area (Å²) in [6.45, 7) is 3.89. The Kier molecular flexibility index (Phi) is 2.96. The molecule has 0 bridgehead atoms. The molecule has 1 aliphatic heterocycles. The lowest BCUT2D eigenvalue weighted by Crippen LogP contribution is -2.41. The number of hydrogen-bond acceptors (Lipinski definition) is 4. The van der Waals surface area contributed by atoms with Gasteiger partial charge in [0.15, 0.2) is 0 Å². The molecule has 1 aliphatic rings. The first-order valence-corrected chi connectivity index (χ1v) is 5.62. The Morgan fingerprint density at radius 1 is 1.53 bits per heavy atom. The van der Waals surface area contributed by atoms with E-state index < -0.39 is 5.60 Å². The SMILES string of the molecule is CCOC(=O)C1(C)Cc2ccc(OC)cc2O1. The first-order valence-electron chi connectivity index (χ1n) is 5.62. The number of carbonyl (C=O) groups excluding carboxylic acids is 1. The number of carbonyl (C=O) groups is 1. The van der Waals surface area contributed by atoms with E-state index in [9.17, 15) is 4.79 Å². The topological polar surface area (TPSA) is 44.8 Å². The minimum absolute atomic E-state index is 0.324. The highest BCUT2D eigenvalue weighted by Gasteiger charge is 2.43. The molecule has 0 radical (unpaired) electrons. The molecule has 2 rings (SSSR count). The predicted octanol–water partition coefficient (Wildman–Crippen LogP) is 1.95. The van der Waals surface area contributed by atoms with Gasteiger partial charge < -0.3 is 14.2 Å². The maximum Gasteiger partial charge on any atom is 0.350 e. The van der Waals surface area contributed by atoms with Crippen LogP contribution in [0.2, 0.25) is 0 Å². The zero-order valence-corrected chi connectivity index (χ0v) is 10.3. The van der Waals surface area contributed by atoms with Crippen molar-refractivity contribution in [3.8, 4) is 11.5 Å². The normalized spacial score (nSPS) is 21.6. The van der Waals surface area contributed by atoms with Gasteiger partial charge in [-0.25, -0.2) is 4.79 Å². The van der Waals surface area contributed by atoms with Crippen LogP contribution in [0.4, 0.5) is 0 Å². The van der Waals surface area contributed by atoms with E-state index in [-0.39, 0.29) is 5.97 Å². The number of esters is 1. The van der Waals surface area contributed by atoms with Crippen molar-refractivity contribution in [2.75, 3.05) is 13.7 Å². The fourth-order valence-electron chi connectivity index (χ4n) is 1.94. The molecule has 4 heteroatoms. The quantitative estimate of drug-likeness (QED) is 0.752. The van der Waals surface area contributed by atoms with Gasteiger partial charge in [-0.2, -0.15) is 0 Å². The molecule has 0 fully saturated rings. The molecule has 1 aromatic rings. The Morgan fingerprint density at radius 2 is 2.29 bits per heavy atom. The molecule has 1 atom stereocenters. The summed E-state index contributed by atoms with van der Waals surface area (Å²) in [6, 6.07) is 5.57. The fourth-order valence-corrected chi connectivity index (χ4v) is 1.94. The molecule has 1 unspecified atom stereocenters. The van der Waals surface area contributed by atoms with Crippen molar-refractivity contribution in [2.45, 2.75) is 25.9 Å².